The number of nitrogens with one attached hydrogen (secondary N) is 2. The summed E-state index contributed by atoms with van der Waals surface area (Å²) >= 11 is 1.37. The van der Waals surface area contributed by atoms with Crippen LogP contribution < -0.4 is 15.6 Å². The Morgan fingerprint density at radius 2 is 1.90 bits per heavy atom. The third kappa shape index (κ3) is 8.20. The summed E-state index contributed by atoms with van der Waals surface area (Å²) in [6.45, 7) is 10.9. The summed E-state index contributed by atoms with van der Waals surface area (Å²) in [7, 11) is 3.70. The van der Waals surface area contributed by atoms with E-state index in [1.165, 1.54) is 16.3 Å². The Morgan fingerprint density at radius 1 is 1.14 bits per heavy atom. The van der Waals surface area contributed by atoms with Gasteiger partial charge in [0.05, 0.1) is 40.1 Å². The molecule has 2 N–H and O–H groups in total. The van der Waals surface area contributed by atoms with E-state index >= 15 is 8.78 Å². The van der Waals surface area contributed by atoms with Gasteiger partial charge in [0.15, 0.2) is 6.61 Å². The van der Waals surface area contributed by atoms with Gasteiger partial charge in [0.1, 0.15) is 12.1 Å². The predicted molar refractivity (Wildman–Crippen MR) is 222 cm³/mol. The Morgan fingerprint density at radius 3 is 2.61 bits per heavy atom. The van der Waals surface area contributed by atoms with Crippen molar-refractivity contribution in [3.05, 3.63) is 52.1 Å². The number of fused-ring (bicyclic) bond motifs is 6. The number of pyridine rings is 1. The summed E-state index contributed by atoms with van der Waals surface area (Å²) in [5.74, 6) is -4.74. The predicted octanol–water partition coefficient (Wildman–Crippen LogP) is 5.47. The molecule has 1 saturated carbocycles. The number of carbonyl (C=O) groups excluding carboxylic acids is 3. The smallest absolute Gasteiger partial charge is 0.325 e. The number of hydrogen-bond donors (Lipinski definition) is 2. The molecule has 316 valence electrons. The number of esters is 1. The molecule has 2 saturated heterocycles. The number of thiazole rings is 1. The molecule has 6 heterocycles. The van der Waals surface area contributed by atoms with E-state index in [1.807, 2.05) is 57.5 Å². The number of halogens is 2. The van der Waals surface area contributed by atoms with Gasteiger partial charge in [0.2, 0.25) is 5.91 Å². The van der Waals surface area contributed by atoms with Crippen molar-refractivity contribution in [2.24, 2.45) is 17.8 Å². The highest BCUT2D eigenvalue weighted by Crippen LogP contribution is 2.46. The van der Waals surface area contributed by atoms with Crippen LogP contribution in [0.3, 0.4) is 0 Å². The molecule has 3 fully saturated rings. The minimum atomic E-state index is -3.47. The lowest BCUT2D eigenvalue weighted by molar-refractivity contribution is -0.162. The number of anilines is 1. The molecule has 0 spiro atoms. The molecule has 8 rings (SSSR count). The van der Waals surface area contributed by atoms with E-state index in [0.717, 1.165) is 42.9 Å². The molecule has 13 nitrogen and oxygen atoms in total. The summed E-state index contributed by atoms with van der Waals surface area (Å²) in [5.41, 5.74) is 8.32. The number of cyclic esters (lactones) is 1. The standard InChI is InChI=1S/C43H54F2N8O5S/c1-7-52-35-11-10-27-17-29(35)31(39(52)30-18-28(21-46-38(30)26(4)57-6)51-15-13-50(5)14-16-51)20-43(44,45)23-58-42(56)32-9-8-12-53(49-32)41(55)33(19-36-47-34(27)22-59-36)48-40(54)37-24(2)25(37)3/h10-11,17-18,21-22,24-26,32-33,37,49H,7-9,12-16,19-20,23H2,1-6H3,(H,48,54)/t24-,25+,26-,32-,33-,37+/m0/s1. The van der Waals surface area contributed by atoms with Crippen molar-refractivity contribution in [3.63, 3.8) is 0 Å². The van der Waals surface area contributed by atoms with E-state index < -0.39 is 49.0 Å². The first-order chi connectivity index (χ1) is 28.3. The van der Waals surface area contributed by atoms with Crippen LogP contribution in [0.1, 0.15) is 62.9 Å². The minimum Gasteiger partial charge on any atom is -0.458 e. The number of rotatable bonds is 7. The van der Waals surface area contributed by atoms with E-state index in [1.54, 1.807) is 7.11 Å². The van der Waals surface area contributed by atoms with Crippen LogP contribution in [0.5, 0.6) is 0 Å². The summed E-state index contributed by atoms with van der Waals surface area (Å²) in [5, 5.41) is 7.46. The van der Waals surface area contributed by atoms with Crippen LogP contribution >= 0.6 is 11.3 Å². The molecule has 16 heteroatoms. The third-order valence-corrected chi connectivity index (χ3v) is 13.7. The lowest BCUT2D eigenvalue weighted by Crippen LogP contribution is -2.60. The van der Waals surface area contributed by atoms with Gasteiger partial charge in [-0.3, -0.25) is 24.4 Å². The second-order valence-corrected chi connectivity index (χ2v) is 17.6. The van der Waals surface area contributed by atoms with Gasteiger partial charge in [0.25, 0.3) is 11.8 Å². The molecule has 0 radical (unpaired) electrons. The number of likely N-dealkylation sites (N-methyl/N-ethyl adjacent to an activating group) is 1. The van der Waals surface area contributed by atoms with Crippen molar-refractivity contribution in [1.82, 2.24) is 35.2 Å². The van der Waals surface area contributed by atoms with E-state index in [-0.39, 0.29) is 36.6 Å². The molecule has 2 amide bonds. The second kappa shape index (κ2) is 16.5. The molecule has 4 aliphatic rings. The highest BCUT2D eigenvalue weighted by molar-refractivity contribution is 7.10. The molecule has 1 aromatic carbocycles. The number of benzene rings is 1. The Balaban J connectivity index is 1.26. The number of aryl methyl sites for hydroxylation is 1. The Bertz CT molecular complexity index is 2230. The van der Waals surface area contributed by atoms with Crippen LogP contribution in [0.25, 0.3) is 33.4 Å². The summed E-state index contributed by atoms with van der Waals surface area (Å²) in [6, 6.07) is 5.87. The number of methoxy groups -OCH3 is 1. The van der Waals surface area contributed by atoms with Crippen molar-refractivity contribution in [3.8, 4) is 22.5 Å². The quantitative estimate of drug-likeness (QED) is 0.231. The molecular weight excluding hydrogens is 779 g/mol. The van der Waals surface area contributed by atoms with E-state index in [0.29, 0.717) is 58.0 Å². The molecule has 59 heavy (non-hydrogen) atoms. The SMILES string of the molecule is CCn1c(-c2cc(N3CCN(C)CC3)cnc2[C@H](C)OC)c2c3cc(ccc31)-c1csc(n1)C[C@H](NC(=O)[C@H]1[C@H](C)[C@@H]1C)C(=O)N1CCC[C@H](N1)C(=O)OCC(F)(F)C2. The molecule has 3 aliphatic heterocycles. The fourth-order valence-electron chi connectivity index (χ4n) is 8.94. The van der Waals surface area contributed by atoms with Crippen molar-refractivity contribution < 1.29 is 32.6 Å². The minimum absolute atomic E-state index is 0.144. The Hall–Kier alpha value is -4.51. The van der Waals surface area contributed by atoms with Crippen LogP contribution in [0.2, 0.25) is 0 Å². The molecule has 3 aromatic heterocycles. The second-order valence-electron chi connectivity index (χ2n) is 16.7. The number of ether oxygens (including phenoxy) is 2. The molecule has 6 atom stereocenters. The molecule has 0 unspecified atom stereocenters. The Labute approximate surface area is 347 Å². The first-order valence-corrected chi connectivity index (χ1v) is 21.6. The number of alkyl halides is 2. The van der Waals surface area contributed by atoms with Gasteiger partial charge >= 0.3 is 5.97 Å². The number of amides is 2. The fraction of sp³-hybridized carbons (Fsp3) is 0.558. The lowest BCUT2D eigenvalue weighted by atomic mass is 9.96. The highest BCUT2D eigenvalue weighted by atomic mass is 32.1. The number of piperazine rings is 1. The zero-order chi connectivity index (χ0) is 41.7. The van der Waals surface area contributed by atoms with E-state index in [4.69, 9.17) is 19.4 Å². The average molecular weight is 833 g/mol. The normalized spacial score (nSPS) is 25.7. The lowest BCUT2D eigenvalue weighted by Gasteiger charge is -2.35. The van der Waals surface area contributed by atoms with Crippen LogP contribution in [-0.4, -0.2) is 114 Å². The van der Waals surface area contributed by atoms with Crippen molar-refractivity contribution in [2.45, 2.75) is 84.0 Å². The molecule has 6 bridgehead atoms. The van der Waals surface area contributed by atoms with Crippen LogP contribution in [-0.2, 0) is 43.2 Å². The zero-order valence-corrected chi connectivity index (χ0v) is 35.4. The molecule has 1 aliphatic carbocycles. The van der Waals surface area contributed by atoms with Gasteiger partial charge < -0.3 is 29.2 Å². The van der Waals surface area contributed by atoms with E-state index in [2.05, 4.69) is 38.2 Å². The molecule has 4 aromatic rings. The molecular formula is C43H54F2N8O5S. The van der Waals surface area contributed by atoms with Crippen LogP contribution in [0.4, 0.5) is 14.5 Å². The maximum atomic E-state index is 16.6. The maximum Gasteiger partial charge on any atom is 0.325 e. The van der Waals surface area contributed by atoms with Gasteiger partial charge in [-0.2, -0.15) is 0 Å². The first-order valence-electron chi connectivity index (χ1n) is 20.8. The van der Waals surface area contributed by atoms with Gasteiger partial charge in [-0.05, 0) is 69.3 Å². The number of aromatic nitrogens is 3. The summed E-state index contributed by atoms with van der Waals surface area (Å²) in [4.78, 5) is 55.4. The summed E-state index contributed by atoms with van der Waals surface area (Å²) < 4.78 is 46.4. The Kier molecular flexibility index (Phi) is 11.5. The van der Waals surface area contributed by atoms with Crippen molar-refractivity contribution >= 4 is 45.7 Å². The van der Waals surface area contributed by atoms with Crippen molar-refractivity contribution in [1.29, 1.82) is 0 Å². The monoisotopic (exact) mass is 832 g/mol. The largest absolute Gasteiger partial charge is 0.458 e. The zero-order valence-electron chi connectivity index (χ0n) is 34.6. The van der Waals surface area contributed by atoms with Gasteiger partial charge in [0, 0.05) is 92.5 Å². The first kappa shape index (κ1) is 41.2. The number of carbonyl (C=O) groups is 3. The topological polar surface area (TPSA) is 134 Å². The maximum absolute atomic E-state index is 16.6. The van der Waals surface area contributed by atoms with Gasteiger partial charge in [-0.25, -0.2) is 19.2 Å². The van der Waals surface area contributed by atoms with Crippen molar-refractivity contribution in [2.75, 3.05) is 58.4 Å². The summed E-state index contributed by atoms with van der Waals surface area (Å²) in [6.07, 6.45) is 1.57. The highest BCUT2D eigenvalue weighted by Gasteiger charge is 2.49. The fourth-order valence-corrected chi connectivity index (χ4v) is 9.79. The number of hydrazine groups is 1. The van der Waals surface area contributed by atoms with Crippen LogP contribution in [0.15, 0.2) is 35.8 Å². The number of nitrogens with zero attached hydrogens (tertiary/aromatic N) is 6. The third-order valence-electron chi connectivity index (χ3n) is 12.8. The van der Waals surface area contributed by atoms with Gasteiger partial charge in [-0.1, -0.05) is 19.9 Å². The average Bonchev–Trinajstić information content (AvgIpc) is 3.50. The van der Waals surface area contributed by atoms with E-state index in [9.17, 15) is 14.4 Å². The number of hydrogen-bond acceptors (Lipinski definition) is 11. The van der Waals surface area contributed by atoms with Crippen LogP contribution in [0, 0.1) is 17.8 Å². The van der Waals surface area contributed by atoms with Gasteiger partial charge in [-0.15, -0.1) is 11.3 Å².